The molecule has 3 rings (SSSR count). The van der Waals surface area contributed by atoms with Gasteiger partial charge in [0.25, 0.3) is 0 Å². The molecule has 3 nitrogen and oxygen atoms in total. The van der Waals surface area contributed by atoms with Crippen molar-refractivity contribution in [1.29, 1.82) is 0 Å². The first kappa shape index (κ1) is 28.2. The third kappa shape index (κ3) is 6.15. The van der Waals surface area contributed by atoms with E-state index < -0.39 is 53.1 Å². The smallest absolute Gasteiger partial charge is 0.316 e. The van der Waals surface area contributed by atoms with E-state index in [2.05, 4.69) is 0 Å². The van der Waals surface area contributed by atoms with Crippen molar-refractivity contribution in [3.63, 3.8) is 0 Å². The van der Waals surface area contributed by atoms with Crippen LogP contribution in [0.25, 0.3) is 0 Å². The molecule has 0 saturated heterocycles. The van der Waals surface area contributed by atoms with Crippen LogP contribution in [0.5, 0.6) is 0 Å². The second-order valence-corrected chi connectivity index (χ2v) is 7.91. The van der Waals surface area contributed by atoms with E-state index in [1.165, 1.54) is 4.90 Å². The Morgan fingerprint density at radius 3 is 2.14 bits per heavy atom. The van der Waals surface area contributed by atoms with Crippen molar-refractivity contribution < 1.29 is 31.1 Å². The van der Waals surface area contributed by atoms with E-state index in [9.17, 15) is 31.1 Å². The Hall–Kier alpha value is -3.04. The highest BCUT2D eigenvalue weighted by atomic mass is 35.5. The van der Waals surface area contributed by atoms with Crippen LogP contribution >= 0.6 is 12.4 Å². The van der Waals surface area contributed by atoms with E-state index in [1.54, 1.807) is 48.5 Å². The number of nitrogens with zero attached hydrogens (tertiary/aromatic N) is 1. The molecule has 10 heteroatoms. The zero-order valence-corrected chi connectivity index (χ0v) is 19.6. The third-order valence-corrected chi connectivity index (χ3v) is 5.64. The molecule has 0 aliphatic heterocycles. The summed E-state index contributed by atoms with van der Waals surface area (Å²) in [7, 11) is 0. The van der Waals surface area contributed by atoms with E-state index in [0.29, 0.717) is 11.3 Å². The number of rotatable bonds is 6. The van der Waals surface area contributed by atoms with E-state index in [1.807, 2.05) is 13.8 Å². The van der Waals surface area contributed by atoms with Crippen molar-refractivity contribution >= 4 is 24.0 Å². The van der Waals surface area contributed by atoms with Gasteiger partial charge in [-0.15, -0.1) is 12.4 Å². The minimum Gasteiger partial charge on any atom is -0.316 e. The second kappa shape index (κ2) is 11.1. The van der Waals surface area contributed by atoms with Crippen LogP contribution < -0.4 is 10.6 Å². The molecule has 0 aromatic heterocycles. The molecular formula is C25H23ClF6N2O. The van der Waals surface area contributed by atoms with E-state index >= 15 is 0 Å². The number of hydrogen-bond donors (Lipinski definition) is 1. The molecule has 1 amide bonds. The Morgan fingerprint density at radius 2 is 1.57 bits per heavy atom. The number of anilines is 1. The normalized spacial score (nSPS) is 12.1. The first-order valence-electron chi connectivity index (χ1n) is 10.3. The maximum atomic E-state index is 14.4. The predicted molar refractivity (Wildman–Crippen MR) is 124 cm³/mol. The number of alkyl halides is 3. The molecule has 0 spiro atoms. The number of carbonyl (C=O) groups excluding carboxylic acids is 1. The van der Waals surface area contributed by atoms with Crippen molar-refractivity contribution in [3.05, 3.63) is 99.9 Å². The van der Waals surface area contributed by atoms with Crippen LogP contribution in [0.1, 0.15) is 33.9 Å². The van der Waals surface area contributed by atoms with Gasteiger partial charge in [-0.3, -0.25) is 4.79 Å². The van der Waals surface area contributed by atoms with Crippen molar-refractivity contribution in [3.8, 4) is 0 Å². The molecular weight excluding hydrogens is 494 g/mol. The lowest BCUT2D eigenvalue weighted by atomic mass is 10.0. The van der Waals surface area contributed by atoms with Crippen LogP contribution in [-0.4, -0.2) is 12.5 Å². The van der Waals surface area contributed by atoms with Gasteiger partial charge in [0.1, 0.15) is 11.9 Å². The molecule has 188 valence electrons. The Labute approximate surface area is 205 Å². The first-order chi connectivity index (χ1) is 15.9. The second-order valence-electron chi connectivity index (χ2n) is 7.91. The molecule has 1 atom stereocenters. The fraction of sp³-hybridized carbons (Fsp3) is 0.240. The van der Waals surface area contributed by atoms with Gasteiger partial charge >= 0.3 is 6.18 Å². The molecule has 3 aromatic rings. The zero-order chi connectivity index (χ0) is 25.2. The van der Waals surface area contributed by atoms with Gasteiger partial charge in [0.2, 0.25) is 5.91 Å². The Morgan fingerprint density at radius 1 is 0.943 bits per heavy atom. The number of halogens is 7. The average Bonchev–Trinajstić information content (AvgIpc) is 2.79. The Bertz CT molecular complexity index is 1200. The number of amides is 1. The van der Waals surface area contributed by atoms with E-state index in [0.717, 1.165) is 11.1 Å². The summed E-state index contributed by atoms with van der Waals surface area (Å²) in [6, 6.07) is 12.3. The quantitative estimate of drug-likeness (QED) is 0.303. The summed E-state index contributed by atoms with van der Waals surface area (Å²) < 4.78 is 81.4. The summed E-state index contributed by atoms with van der Waals surface area (Å²) in [5.41, 5.74) is 5.88. The molecule has 0 unspecified atom stereocenters. The van der Waals surface area contributed by atoms with Crippen LogP contribution in [0, 0.1) is 31.3 Å². The monoisotopic (exact) mass is 516 g/mol. The fourth-order valence-electron chi connectivity index (χ4n) is 3.52. The topological polar surface area (TPSA) is 46.3 Å². The maximum absolute atomic E-state index is 14.4. The average molecular weight is 517 g/mol. The van der Waals surface area contributed by atoms with Crippen LogP contribution in [0.2, 0.25) is 0 Å². The summed E-state index contributed by atoms with van der Waals surface area (Å²) in [5.74, 6) is -6.27. The molecule has 0 heterocycles. The number of nitrogens with two attached hydrogens (primary N) is 1. The molecule has 0 fully saturated rings. The van der Waals surface area contributed by atoms with Crippen LogP contribution in [0.4, 0.5) is 32.0 Å². The summed E-state index contributed by atoms with van der Waals surface area (Å²) in [5, 5.41) is 0. The predicted octanol–water partition coefficient (Wildman–Crippen LogP) is 6.44. The Kier molecular flexibility index (Phi) is 8.97. The van der Waals surface area contributed by atoms with Gasteiger partial charge < -0.3 is 10.6 Å². The minimum absolute atomic E-state index is 0. The first-order valence-corrected chi connectivity index (χ1v) is 10.3. The van der Waals surface area contributed by atoms with Gasteiger partial charge in [0, 0.05) is 17.8 Å². The van der Waals surface area contributed by atoms with Crippen LogP contribution in [0.15, 0.2) is 54.6 Å². The molecule has 35 heavy (non-hydrogen) atoms. The van der Waals surface area contributed by atoms with Gasteiger partial charge in [-0.1, -0.05) is 36.4 Å². The third-order valence-electron chi connectivity index (χ3n) is 5.64. The van der Waals surface area contributed by atoms with Gasteiger partial charge in [-0.25, -0.2) is 13.2 Å². The van der Waals surface area contributed by atoms with Crippen LogP contribution in [0.3, 0.4) is 0 Å². The van der Waals surface area contributed by atoms with E-state index in [-0.39, 0.29) is 25.0 Å². The molecule has 0 bridgehead atoms. The number of aryl methyl sites for hydroxylation is 2. The van der Waals surface area contributed by atoms with E-state index in [4.69, 9.17) is 5.73 Å². The highest BCUT2D eigenvalue weighted by Gasteiger charge is 2.37. The Balaban J connectivity index is 0.00000432. The van der Waals surface area contributed by atoms with Gasteiger partial charge in [-0.05, 0) is 55.2 Å². The maximum Gasteiger partial charge on any atom is 0.419 e. The number of carbonyl (C=O) groups is 1. The largest absolute Gasteiger partial charge is 0.419 e. The van der Waals surface area contributed by atoms with Gasteiger partial charge in [0.05, 0.1) is 5.56 Å². The van der Waals surface area contributed by atoms with Crippen molar-refractivity contribution in [2.45, 2.75) is 32.5 Å². The van der Waals surface area contributed by atoms with Crippen LogP contribution in [-0.2, 0) is 17.4 Å². The lowest BCUT2D eigenvalue weighted by Crippen LogP contribution is -2.40. The molecule has 0 aliphatic carbocycles. The zero-order valence-electron chi connectivity index (χ0n) is 18.8. The molecule has 3 aromatic carbocycles. The van der Waals surface area contributed by atoms with Crippen molar-refractivity contribution in [2.24, 2.45) is 5.73 Å². The lowest BCUT2D eigenvalue weighted by molar-refractivity contribution is -0.140. The number of benzene rings is 3. The fourth-order valence-corrected chi connectivity index (χ4v) is 3.52. The summed E-state index contributed by atoms with van der Waals surface area (Å²) in [6.07, 6.45) is -5.83. The lowest BCUT2D eigenvalue weighted by Gasteiger charge is -2.27. The summed E-state index contributed by atoms with van der Waals surface area (Å²) in [6.45, 7) is 3.32. The van der Waals surface area contributed by atoms with Gasteiger partial charge in [0.15, 0.2) is 11.6 Å². The summed E-state index contributed by atoms with van der Waals surface area (Å²) in [4.78, 5) is 14.5. The van der Waals surface area contributed by atoms with Crippen molar-refractivity contribution in [1.82, 2.24) is 0 Å². The molecule has 2 N–H and O–H groups in total. The molecule has 0 saturated carbocycles. The highest BCUT2D eigenvalue weighted by molar-refractivity contribution is 5.97. The van der Waals surface area contributed by atoms with Crippen molar-refractivity contribution in [2.75, 3.05) is 11.4 Å². The van der Waals surface area contributed by atoms with Gasteiger partial charge in [-0.2, -0.15) is 13.2 Å². The molecule has 0 aliphatic rings. The standard InChI is InChI=1S/C25H22F6N2O.ClH/c1-14-8-9-17(12-15(14)2)33(24(34)23(32)16-6-4-3-5-7-16)11-10-18-20(26)13-19(25(29,30)31)22(28)21(18)27;/h3-9,12-13,23H,10-11,32H2,1-2H3;1H/t23-;/m0./s1. The minimum atomic E-state index is -5.26. The molecule has 0 radical (unpaired) electrons. The summed E-state index contributed by atoms with van der Waals surface area (Å²) >= 11 is 0. The highest BCUT2D eigenvalue weighted by Crippen LogP contribution is 2.34. The number of hydrogen-bond acceptors (Lipinski definition) is 2. The SMILES string of the molecule is Cc1ccc(N(CCc2c(F)cc(C(F)(F)F)c(F)c2F)C(=O)[C@@H](N)c2ccccc2)cc1C.Cl.